The van der Waals surface area contributed by atoms with Crippen LogP contribution in [-0.4, -0.2) is 58.9 Å². The van der Waals surface area contributed by atoms with Crippen LogP contribution in [-0.2, 0) is 4.74 Å². The van der Waals surface area contributed by atoms with Crippen LogP contribution in [0.1, 0.15) is 23.4 Å². The lowest BCUT2D eigenvalue weighted by molar-refractivity contribution is 0.0378. The predicted molar refractivity (Wildman–Crippen MR) is 113 cm³/mol. The molecule has 0 saturated carbocycles. The summed E-state index contributed by atoms with van der Waals surface area (Å²) in [6, 6.07) is 6.52. The van der Waals surface area contributed by atoms with Crippen LogP contribution in [0.25, 0.3) is 16.8 Å². The Kier molecular flexibility index (Phi) is 5.78. The van der Waals surface area contributed by atoms with E-state index in [-0.39, 0.29) is 5.82 Å². The molecular formula is C22H28FN5O. The number of anilines is 1. The summed E-state index contributed by atoms with van der Waals surface area (Å²) in [5.74, 6) is 0.733. The molecule has 29 heavy (non-hydrogen) atoms. The molecule has 0 amide bonds. The van der Waals surface area contributed by atoms with E-state index in [0.29, 0.717) is 0 Å². The van der Waals surface area contributed by atoms with Crippen molar-refractivity contribution in [1.82, 2.24) is 19.5 Å². The number of ether oxygens (including phenoxy) is 1. The number of benzene rings is 1. The first-order valence-corrected chi connectivity index (χ1v) is 10.2. The zero-order valence-corrected chi connectivity index (χ0v) is 17.3. The van der Waals surface area contributed by atoms with Crippen molar-refractivity contribution in [2.75, 3.05) is 44.7 Å². The highest BCUT2D eigenvalue weighted by molar-refractivity contribution is 5.81. The second-order valence-corrected chi connectivity index (χ2v) is 7.61. The number of nitrogens with zero attached hydrogens (tertiary/aromatic N) is 4. The zero-order chi connectivity index (χ0) is 20.4. The van der Waals surface area contributed by atoms with Crippen molar-refractivity contribution < 1.29 is 9.13 Å². The van der Waals surface area contributed by atoms with Crippen molar-refractivity contribution in [3.8, 4) is 11.1 Å². The predicted octanol–water partition coefficient (Wildman–Crippen LogP) is 3.59. The highest BCUT2D eigenvalue weighted by Gasteiger charge is 2.18. The van der Waals surface area contributed by atoms with Gasteiger partial charge in [0.2, 0.25) is 0 Å². The number of hydrogen-bond acceptors (Lipinski definition) is 5. The summed E-state index contributed by atoms with van der Waals surface area (Å²) in [6.45, 7) is 11.7. The molecule has 4 rings (SSSR count). The molecule has 3 heterocycles. The second-order valence-electron chi connectivity index (χ2n) is 7.61. The minimum Gasteiger partial charge on any atom is -0.379 e. The first kappa shape index (κ1) is 19.8. The SMILES string of the molecule is Cc1nc2c(-c3ccc(F)cc3)c(C)nn2c(NCCCN2CCOCC2)c1C. The minimum absolute atomic E-state index is 0.245. The van der Waals surface area contributed by atoms with Crippen LogP contribution in [0.4, 0.5) is 10.2 Å². The van der Waals surface area contributed by atoms with Gasteiger partial charge in [0.05, 0.1) is 18.9 Å². The highest BCUT2D eigenvalue weighted by Crippen LogP contribution is 2.30. The number of rotatable bonds is 6. The molecule has 1 fully saturated rings. The van der Waals surface area contributed by atoms with Gasteiger partial charge in [-0.25, -0.2) is 9.37 Å². The standard InChI is InChI=1S/C22H28FN5O/c1-15-16(2)25-22-20(18-5-7-19(23)8-6-18)17(3)26-28(22)21(15)24-9-4-10-27-11-13-29-14-12-27/h5-8,24H,4,9-14H2,1-3H3. The molecule has 0 spiro atoms. The Balaban J connectivity index is 1.59. The summed E-state index contributed by atoms with van der Waals surface area (Å²) < 4.78 is 20.7. The first-order chi connectivity index (χ1) is 14.0. The number of morpholine rings is 1. The molecule has 6 nitrogen and oxygen atoms in total. The molecular weight excluding hydrogens is 369 g/mol. The lowest BCUT2D eigenvalue weighted by atomic mass is 10.1. The Morgan fingerprint density at radius 1 is 1.07 bits per heavy atom. The molecule has 1 saturated heterocycles. The smallest absolute Gasteiger partial charge is 0.165 e. The zero-order valence-electron chi connectivity index (χ0n) is 17.3. The molecule has 1 N–H and O–H groups in total. The average molecular weight is 397 g/mol. The van der Waals surface area contributed by atoms with E-state index in [4.69, 9.17) is 14.8 Å². The van der Waals surface area contributed by atoms with E-state index in [9.17, 15) is 4.39 Å². The van der Waals surface area contributed by atoms with Gasteiger partial charge in [0, 0.05) is 36.5 Å². The van der Waals surface area contributed by atoms with Gasteiger partial charge in [-0.2, -0.15) is 9.61 Å². The lowest BCUT2D eigenvalue weighted by Gasteiger charge is -2.26. The molecule has 3 aromatic rings. The van der Waals surface area contributed by atoms with E-state index < -0.39 is 0 Å². The van der Waals surface area contributed by atoms with Crippen LogP contribution in [0.5, 0.6) is 0 Å². The van der Waals surface area contributed by atoms with Gasteiger partial charge < -0.3 is 10.1 Å². The van der Waals surface area contributed by atoms with Crippen LogP contribution >= 0.6 is 0 Å². The van der Waals surface area contributed by atoms with Gasteiger partial charge in [-0.15, -0.1) is 0 Å². The van der Waals surface area contributed by atoms with Crippen LogP contribution in [0.15, 0.2) is 24.3 Å². The lowest BCUT2D eigenvalue weighted by Crippen LogP contribution is -2.37. The Hall–Kier alpha value is -2.51. The Bertz CT molecular complexity index is 993. The molecule has 1 aliphatic heterocycles. The first-order valence-electron chi connectivity index (χ1n) is 10.2. The van der Waals surface area contributed by atoms with Crippen LogP contribution in [0, 0.1) is 26.6 Å². The summed E-state index contributed by atoms with van der Waals surface area (Å²) in [4.78, 5) is 7.24. The fraction of sp³-hybridized carbons (Fsp3) is 0.455. The summed E-state index contributed by atoms with van der Waals surface area (Å²) in [5, 5.41) is 8.33. The number of fused-ring (bicyclic) bond motifs is 1. The number of hydrogen-bond donors (Lipinski definition) is 1. The summed E-state index contributed by atoms with van der Waals surface area (Å²) in [7, 11) is 0. The quantitative estimate of drug-likeness (QED) is 0.644. The molecule has 0 atom stereocenters. The summed E-state index contributed by atoms with van der Waals surface area (Å²) in [6.07, 6.45) is 1.05. The van der Waals surface area contributed by atoms with Crippen molar-refractivity contribution in [3.05, 3.63) is 47.0 Å². The highest BCUT2D eigenvalue weighted by atomic mass is 19.1. The maximum atomic E-state index is 13.4. The van der Waals surface area contributed by atoms with Gasteiger partial charge in [0.15, 0.2) is 5.65 Å². The number of nitrogens with one attached hydrogen (secondary N) is 1. The van der Waals surface area contributed by atoms with Crippen molar-refractivity contribution in [1.29, 1.82) is 0 Å². The third-order valence-electron chi connectivity index (χ3n) is 5.60. The van der Waals surface area contributed by atoms with Crippen molar-refractivity contribution in [2.45, 2.75) is 27.2 Å². The third-order valence-corrected chi connectivity index (χ3v) is 5.60. The van der Waals surface area contributed by atoms with E-state index in [1.807, 2.05) is 18.4 Å². The average Bonchev–Trinajstić information content (AvgIpc) is 3.04. The van der Waals surface area contributed by atoms with Crippen molar-refractivity contribution in [2.24, 2.45) is 0 Å². The maximum absolute atomic E-state index is 13.4. The van der Waals surface area contributed by atoms with Crippen molar-refractivity contribution >= 4 is 11.5 Å². The van der Waals surface area contributed by atoms with E-state index in [0.717, 1.165) is 85.4 Å². The fourth-order valence-corrected chi connectivity index (χ4v) is 3.84. The Morgan fingerprint density at radius 3 is 2.52 bits per heavy atom. The van der Waals surface area contributed by atoms with E-state index >= 15 is 0 Å². The normalized spacial score (nSPS) is 15.2. The topological polar surface area (TPSA) is 54.7 Å². The molecule has 0 radical (unpaired) electrons. The van der Waals surface area contributed by atoms with Crippen molar-refractivity contribution in [3.63, 3.8) is 0 Å². The number of aryl methyl sites for hydroxylation is 2. The Morgan fingerprint density at radius 2 is 1.79 bits per heavy atom. The minimum atomic E-state index is -0.245. The molecule has 2 aromatic heterocycles. The summed E-state index contributed by atoms with van der Waals surface area (Å²) in [5.41, 5.74) is 5.62. The van der Waals surface area contributed by atoms with Gasteiger partial charge in [0.1, 0.15) is 11.6 Å². The fourth-order valence-electron chi connectivity index (χ4n) is 3.84. The van der Waals surface area contributed by atoms with Crippen LogP contribution in [0.2, 0.25) is 0 Å². The van der Waals surface area contributed by atoms with Crippen LogP contribution in [0.3, 0.4) is 0 Å². The molecule has 1 aromatic carbocycles. The molecule has 1 aliphatic rings. The Labute approximate surface area is 170 Å². The van der Waals surface area contributed by atoms with Crippen LogP contribution < -0.4 is 5.32 Å². The monoisotopic (exact) mass is 397 g/mol. The number of halogens is 1. The second kappa shape index (κ2) is 8.47. The third kappa shape index (κ3) is 4.11. The van der Waals surface area contributed by atoms with E-state index in [1.165, 1.54) is 12.1 Å². The maximum Gasteiger partial charge on any atom is 0.165 e. The number of aromatic nitrogens is 3. The van der Waals surface area contributed by atoms with Gasteiger partial charge in [-0.3, -0.25) is 4.90 Å². The summed E-state index contributed by atoms with van der Waals surface area (Å²) >= 11 is 0. The molecule has 154 valence electrons. The molecule has 0 bridgehead atoms. The largest absolute Gasteiger partial charge is 0.379 e. The van der Waals surface area contributed by atoms with E-state index in [2.05, 4.69) is 17.1 Å². The van der Waals surface area contributed by atoms with Gasteiger partial charge in [0.25, 0.3) is 0 Å². The molecule has 0 unspecified atom stereocenters. The molecule has 7 heteroatoms. The van der Waals surface area contributed by atoms with Gasteiger partial charge in [-0.1, -0.05) is 12.1 Å². The van der Waals surface area contributed by atoms with Gasteiger partial charge in [-0.05, 0) is 51.4 Å². The molecule has 0 aliphatic carbocycles. The van der Waals surface area contributed by atoms with E-state index in [1.54, 1.807) is 12.1 Å². The van der Waals surface area contributed by atoms with Gasteiger partial charge >= 0.3 is 0 Å².